The van der Waals surface area contributed by atoms with Crippen LogP contribution in [-0.4, -0.2) is 60.1 Å². The van der Waals surface area contributed by atoms with Gasteiger partial charge < -0.3 is 20.9 Å². The van der Waals surface area contributed by atoms with E-state index >= 15 is 0 Å². The summed E-state index contributed by atoms with van der Waals surface area (Å²) < 4.78 is 40.8. The number of rotatable bonds is 9. The summed E-state index contributed by atoms with van der Waals surface area (Å²) in [4.78, 5) is 41.6. The summed E-state index contributed by atoms with van der Waals surface area (Å²) in [5.41, 5.74) is 4.28. The molecule has 4 N–H and O–H groups in total. The minimum Gasteiger partial charge on any atom is -0.340 e. The third kappa shape index (κ3) is 7.25. The number of halogens is 1. The van der Waals surface area contributed by atoms with Gasteiger partial charge in [-0.05, 0) is 79.6 Å². The molecule has 6 rings (SSSR count). The van der Waals surface area contributed by atoms with Gasteiger partial charge in [0.2, 0.25) is 10.0 Å². The second-order valence-corrected chi connectivity index (χ2v) is 13.2. The number of carbonyl (C=O) groups excluding carboxylic acids is 2. The zero-order valence-electron chi connectivity index (χ0n) is 26.2. The Morgan fingerprint density at radius 2 is 1.79 bits per heavy atom. The molecule has 1 unspecified atom stereocenters. The van der Waals surface area contributed by atoms with Crippen LogP contribution in [0.1, 0.15) is 28.4 Å². The van der Waals surface area contributed by atoms with Crippen LogP contribution in [0.25, 0.3) is 11.0 Å². The van der Waals surface area contributed by atoms with Crippen LogP contribution in [0, 0.1) is 6.92 Å². The first-order chi connectivity index (χ1) is 23.0. The van der Waals surface area contributed by atoms with Gasteiger partial charge in [-0.2, -0.15) is 0 Å². The number of hydrogen-bond acceptors (Lipinski definition) is 9. The Morgan fingerprint density at radius 1 is 0.979 bits per heavy atom. The predicted octanol–water partition coefficient (Wildman–Crippen LogP) is 5.89. The number of aryl methyl sites for hydroxylation is 1. The van der Waals surface area contributed by atoms with Gasteiger partial charge in [0.1, 0.15) is 18.8 Å². The summed E-state index contributed by atoms with van der Waals surface area (Å²) in [7, 11) is -3.46. The maximum Gasteiger partial charge on any atom is 0.331 e. The van der Waals surface area contributed by atoms with Crippen LogP contribution in [-0.2, 0) is 16.7 Å². The molecule has 0 bridgehead atoms. The van der Waals surface area contributed by atoms with Gasteiger partial charge in [-0.3, -0.25) is 19.1 Å². The van der Waals surface area contributed by atoms with Crippen LogP contribution in [0.15, 0.2) is 84.2 Å². The van der Waals surface area contributed by atoms with Crippen LogP contribution in [0.3, 0.4) is 0 Å². The standard InChI is InChI=1S/C33H32FN9O4S/c1-20-7-8-25(39-32(44)23-11-22(16-34)12-27(13-23)42-17-21(2)37-19-42)15-29(20)40-33(45)43-10-9-28-30(35-18-36-31(28)43)38-24-5-4-6-26(14-24)41-48(3,46)47/h4-15,18-19,21,41H,16-17H2,1-3H3,(H,39,44)(H,40,45)(H,35,36,38). The van der Waals surface area contributed by atoms with Crippen LogP contribution in [0.5, 0.6) is 0 Å². The molecule has 3 heterocycles. The lowest BCUT2D eigenvalue weighted by atomic mass is 10.1. The van der Waals surface area contributed by atoms with E-state index < -0.39 is 28.6 Å². The molecule has 246 valence electrons. The molecular formula is C33H32FN9O4S. The average Bonchev–Trinajstić information content (AvgIpc) is 3.69. The van der Waals surface area contributed by atoms with E-state index in [2.05, 4.69) is 35.6 Å². The van der Waals surface area contributed by atoms with Gasteiger partial charge in [0.05, 0.1) is 29.7 Å². The molecule has 0 saturated carbocycles. The van der Waals surface area contributed by atoms with Crippen molar-refractivity contribution in [3.05, 3.63) is 95.9 Å². The molecule has 5 aromatic rings. The van der Waals surface area contributed by atoms with Crippen molar-refractivity contribution in [3.63, 3.8) is 0 Å². The van der Waals surface area contributed by atoms with Crippen molar-refractivity contribution < 1.29 is 22.4 Å². The first-order valence-corrected chi connectivity index (χ1v) is 16.7. The number of alkyl halides is 1. The molecule has 2 aromatic heterocycles. The van der Waals surface area contributed by atoms with Crippen LogP contribution in [0.4, 0.5) is 43.4 Å². The maximum atomic E-state index is 13.7. The van der Waals surface area contributed by atoms with Crippen LogP contribution in [0.2, 0.25) is 0 Å². The zero-order chi connectivity index (χ0) is 34.0. The average molecular weight is 670 g/mol. The Kier molecular flexibility index (Phi) is 8.78. The molecule has 48 heavy (non-hydrogen) atoms. The lowest BCUT2D eigenvalue weighted by Crippen LogP contribution is -2.22. The second-order valence-electron chi connectivity index (χ2n) is 11.4. The van der Waals surface area contributed by atoms with Crippen molar-refractivity contribution >= 4 is 73.6 Å². The van der Waals surface area contributed by atoms with Crippen molar-refractivity contribution in [3.8, 4) is 0 Å². The smallest absolute Gasteiger partial charge is 0.331 e. The van der Waals surface area contributed by atoms with E-state index in [1.165, 1.54) is 17.0 Å². The highest BCUT2D eigenvalue weighted by atomic mass is 32.2. The maximum absolute atomic E-state index is 13.7. The van der Waals surface area contributed by atoms with Gasteiger partial charge in [0.25, 0.3) is 5.91 Å². The number of nitrogens with one attached hydrogen (secondary N) is 4. The van der Waals surface area contributed by atoms with E-state index in [9.17, 15) is 22.4 Å². The van der Waals surface area contributed by atoms with Crippen molar-refractivity contribution in [2.24, 2.45) is 4.99 Å². The highest BCUT2D eigenvalue weighted by Gasteiger charge is 2.19. The normalized spacial score (nSPS) is 14.2. The van der Waals surface area contributed by atoms with E-state index in [0.717, 1.165) is 11.8 Å². The third-order valence-corrected chi connectivity index (χ3v) is 8.12. The number of aromatic nitrogens is 3. The summed E-state index contributed by atoms with van der Waals surface area (Å²) in [6, 6.07) is 18.0. The molecule has 2 amide bonds. The molecule has 1 aliphatic rings. The molecule has 3 aromatic carbocycles. The second kappa shape index (κ2) is 13.1. The molecule has 0 radical (unpaired) electrons. The number of amides is 2. The SMILES string of the molecule is Cc1ccc(NC(=O)c2cc(CF)cc(N3C=NC(C)C3)c2)cc1NC(=O)n1ccc2c(Nc3cccc(NS(C)(=O)=O)c3)ncnc21. The fourth-order valence-corrected chi connectivity index (χ4v) is 5.79. The highest BCUT2D eigenvalue weighted by molar-refractivity contribution is 7.92. The molecule has 1 aliphatic heterocycles. The molecule has 0 aliphatic carbocycles. The number of sulfonamides is 1. The molecule has 15 heteroatoms. The van der Waals surface area contributed by atoms with Crippen LogP contribution >= 0.6 is 0 Å². The Morgan fingerprint density at radius 3 is 2.54 bits per heavy atom. The summed E-state index contributed by atoms with van der Waals surface area (Å²) in [6.07, 6.45) is 5.63. The first-order valence-electron chi connectivity index (χ1n) is 14.9. The van der Waals surface area contributed by atoms with Gasteiger partial charge >= 0.3 is 6.03 Å². The third-order valence-electron chi connectivity index (χ3n) is 7.51. The van der Waals surface area contributed by atoms with E-state index in [1.807, 2.05) is 18.7 Å². The minimum absolute atomic E-state index is 0.101. The molecule has 0 spiro atoms. The fourth-order valence-electron chi connectivity index (χ4n) is 5.23. The topological polar surface area (TPSA) is 163 Å². The molecule has 13 nitrogen and oxygen atoms in total. The van der Waals surface area contributed by atoms with Crippen molar-refractivity contribution in [2.75, 3.05) is 38.4 Å². The fraction of sp³-hybridized carbons (Fsp3) is 0.182. The van der Waals surface area contributed by atoms with Gasteiger partial charge in [-0.25, -0.2) is 27.6 Å². The van der Waals surface area contributed by atoms with Gasteiger partial charge in [-0.15, -0.1) is 0 Å². The number of hydrogen-bond donors (Lipinski definition) is 4. The summed E-state index contributed by atoms with van der Waals surface area (Å²) >= 11 is 0. The number of anilines is 6. The van der Waals surface area contributed by atoms with Crippen molar-refractivity contribution in [1.29, 1.82) is 0 Å². The summed E-state index contributed by atoms with van der Waals surface area (Å²) in [5, 5.41) is 9.43. The number of carbonyl (C=O) groups is 2. The van der Waals surface area contributed by atoms with Gasteiger partial charge in [0.15, 0.2) is 5.65 Å². The van der Waals surface area contributed by atoms with E-state index in [-0.39, 0.29) is 6.04 Å². The largest absolute Gasteiger partial charge is 0.340 e. The summed E-state index contributed by atoms with van der Waals surface area (Å²) in [5.74, 6) is -0.0157. The lowest BCUT2D eigenvalue weighted by molar-refractivity contribution is 0.102. The Hall–Kier alpha value is -5.83. The van der Waals surface area contributed by atoms with Gasteiger partial charge in [-0.1, -0.05) is 12.1 Å². The van der Waals surface area contributed by atoms with Crippen LogP contribution < -0.4 is 25.6 Å². The molecular weight excluding hydrogens is 637 g/mol. The quantitative estimate of drug-likeness (QED) is 0.151. The number of nitrogens with zero attached hydrogens (tertiary/aromatic N) is 5. The van der Waals surface area contributed by atoms with Gasteiger partial charge in [0, 0.05) is 41.1 Å². The van der Waals surface area contributed by atoms with E-state index in [4.69, 9.17) is 0 Å². The predicted molar refractivity (Wildman–Crippen MR) is 186 cm³/mol. The molecule has 0 fully saturated rings. The zero-order valence-corrected chi connectivity index (χ0v) is 27.0. The van der Waals surface area contributed by atoms with Crippen molar-refractivity contribution in [2.45, 2.75) is 26.6 Å². The number of fused-ring (bicyclic) bond motifs is 1. The Bertz CT molecular complexity index is 2190. The van der Waals surface area contributed by atoms with E-state index in [1.54, 1.807) is 73.2 Å². The summed E-state index contributed by atoms with van der Waals surface area (Å²) in [6.45, 7) is 3.71. The molecule has 0 saturated heterocycles. The Balaban J connectivity index is 1.19. The number of aliphatic imine (C=N–C) groups is 1. The monoisotopic (exact) mass is 669 g/mol. The first kappa shape index (κ1) is 32.1. The minimum atomic E-state index is -3.46. The number of benzene rings is 3. The lowest BCUT2D eigenvalue weighted by Gasteiger charge is -2.17. The van der Waals surface area contributed by atoms with Crippen molar-refractivity contribution in [1.82, 2.24) is 14.5 Å². The van der Waals surface area contributed by atoms with E-state index in [0.29, 0.717) is 63.0 Å². The Labute approximate surface area is 276 Å². The highest BCUT2D eigenvalue weighted by Crippen LogP contribution is 2.28. The molecule has 1 atom stereocenters.